The van der Waals surface area contributed by atoms with Crippen LogP contribution in [0.5, 0.6) is 11.8 Å². The Morgan fingerprint density at radius 1 is 1.39 bits per heavy atom. The quantitative estimate of drug-likeness (QED) is 0.814. The number of carbonyl (C=O) groups is 1. The first-order valence-electron chi connectivity index (χ1n) is 5.89. The number of nitrogens with zero attached hydrogens (tertiary/aromatic N) is 2. The normalized spacial score (nSPS) is 13.7. The van der Waals surface area contributed by atoms with Gasteiger partial charge in [-0.05, 0) is 25.3 Å². The molecule has 5 nitrogen and oxygen atoms in total. The molecule has 18 heavy (non-hydrogen) atoms. The van der Waals surface area contributed by atoms with Gasteiger partial charge in [-0.3, -0.25) is 4.79 Å². The smallest absolute Gasteiger partial charge is 0.235 e. The Morgan fingerprint density at radius 2 is 2.17 bits per heavy atom. The molecule has 1 aromatic rings. The fourth-order valence-electron chi connectivity index (χ4n) is 2.18. The number of aromatic nitrogens is 1. The van der Waals surface area contributed by atoms with Gasteiger partial charge in [-0.25, -0.2) is 0 Å². The van der Waals surface area contributed by atoms with Gasteiger partial charge in [0.15, 0.2) is 5.78 Å². The molecule has 0 amide bonds. The summed E-state index contributed by atoms with van der Waals surface area (Å²) in [6.45, 7) is 2.24. The van der Waals surface area contributed by atoms with Gasteiger partial charge in [0, 0.05) is 6.42 Å². The van der Waals surface area contributed by atoms with Gasteiger partial charge in [-0.1, -0.05) is 0 Å². The fourth-order valence-corrected chi connectivity index (χ4v) is 2.18. The summed E-state index contributed by atoms with van der Waals surface area (Å²) in [5.74, 6) is 0.508. The molecule has 0 radical (unpaired) electrons. The number of Topliss-reactive ketones (excluding diaryl/α,β-unsaturated/α-hetero) is 1. The highest BCUT2D eigenvalue weighted by atomic mass is 16.5. The minimum atomic E-state index is -0.00801. The summed E-state index contributed by atoms with van der Waals surface area (Å²) >= 11 is 0. The molecule has 0 aliphatic heterocycles. The SMILES string of the molecule is CCOc1nc(OC)c(C#N)c2c1C(=O)CCC2. The van der Waals surface area contributed by atoms with Crippen LogP contribution in [0.1, 0.15) is 41.3 Å². The van der Waals surface area contributed by atoms with Crippen LogP contribution in [0, 0.1) is 11.3 Å². The van der Waals surface area contributed by atoms with E-state index in [0.717, 1.165) is 6.42 Å². The van der Waals surface area contributed by atoms with Crippen molar-refractivity contribution in [1.29, 1.82) is 5.26 Å². The number of ketones is 1. The summed E-state index contributed by atoms with van der Waals surface area (Å²) < 4.78 is 10.5. The van der Waals surface area contributed by atoms with Crippen molar-refractivity contribution < 1.29 is 14.3 Å². The van der Waals surface area contributed by atoms with Gasteiger partial charge in [0.05, 0.1) is 19.3 Å². The minimum Gasteiger partial charge on any atom is -0.480 e. The lowest BCUT2D eigenvalue weighted by Gasteiger charge is -2.19. The minimum absolute atomic E-state index is 0.00801. The number of methoxy groups -OCH3 is 1. The molecular weight excluding hydrogens is 232 g/mol. The highest BCUT2D eigenvalue weighted by Gasteiger charge is 2.28. The first-order chi connectivity index (χ1) is 8.72. The van der Waals surface area contributed by atoms with E-state index in [1.807, 2.05) is 6.92 Å². The van der Waals surface area contributed by atoms with Crippen LogP contribution in [-0.4, -0.2) is 24.5 Å². The van der Waals surface area contributed by atoms with Crippen LogP contribution < -0.4 is 9.47 Å². The average molecular weight is 246 g/mol. The predicted molar refractivity (Wildman–Crippen MR) is 63.9 cm³/mol. The number of pyridine rings is 1. The van der Waals surface area contributed by atoms with E-state index in [-0.39, 0.29) is 17.5 Å². The molecule has 0 fully saturated rings. The third-order valence-electron chi connectivity index (χ3n) is 2.93. The van der Waals surface area contributed by atoms with E-state index in [9.17, 15) is 10.1 Å². The second-order valence-corrected chi connectivity index (χ2v) is 3.98. The molecule has 0 spiro atoms. The van der Waals surface area contributed by atoms with E-state index in [0.29, 0.717) is 36.1 Å². The molecule has 1 aromatic heterocycles. The lowest BCUT2D eigenvalue weighted by molar-refractivity contribution is 0.0967. The van der Waals surface area contributed by atoms with Gasteiger partial charge < -0.3 is 9.47 Å². The maximum Gasteiger partial charge on any atom is 0.235 e. The average Bonchev–Trinajstić information content (AvgIpc) is 2.38. The Bertz CT molecular complexity index is 532. The van der Waals surface area contributed by atoms with Crippen molar-refractivity contribution in [3.63, 3.8) is 0 Å². The fraction of sp³-hybridized carbons (Fsp3) is 0.462. The number of ether oxygens (including phenoxy) is 2. The van der Waals surface area contributed by atoms with E-state index in [1.54, 1.807) is 0 Å². The van der Waals surface area contributed by atoms with Gasteiger partial charge in [0.1, 0.15) is 11.6 Å². The van der Waals surface area contributed by atoms with Gasteiger partial charge >= 0.3 is 0 Å². The predicted octanol–water partition coefficient (Wildman–Crippen LogP) is 1.88. The van der Waals surface area contributed by atoms with Crippen LogP contribution in [0.4, 0.5) is 0 Å². The van der Waals surface area contributed by atoms with Gasteiger partial charge in [0.2, 0.25) is 11.8 Å². The largest absolute Gasteiger partial charge is 0.480 e. The van der Waals surface area contributed by atoms with Crippen molar-refractivity contribution in [1.82, 2.24) is 4.98 Å². The topological polar surface area (TPSA) is 72.2 Å². The lowest BCUT2D eigenvalue weighted by Crippen LogP contribution is -2.17. The Balaban J connectivity index is 2.70. The number of hydrogen-bond acceptors (Lipinski definition) is 5. The van der Waals surface area contributed by atoms with Crippen molar-refractivity contribution in [2.24, 2.45) is 0 Å². The summed E-state index contributed by atoms with van der Waals surface area (Å²) in [5, 5.41) is 9.19. The highest BCUT2D eigenvalue weighted by molar-refractivity contribution is 6.01. The summed E-state index contributed by atoms with van der Waals surface area (Å²) in [5.41, 5.74) is 1.52. The van der Waals surface area contributed by atoms with Crippen LogP contribution in [-0.2, 0) is 6.42 Å². The second kappa shape index (κ2) is 5.05. The Morgan fingerprint density at radius 3 is 2.78 bits per heavy atom. The molecule has 0 atom stereocenters. The molecule has 94 valence electrons. The molecule has 5 heteroatoms. The zero-order chi connectivity index (χ0) is 13.1. The number of hydrogen-bond donors (Lipinski definition) is 0. The molecule has 0 saturated heterocycles. The maximum absolute atomic E-state index is 12.0. The monoisotopic (exact) mass is 246 g/mol. The Labute approximate surface area is 105 Å². The van der Waals surface area contributed by atoms with Crippen LogP contribution in [0.2, 0.25) is 0 Å². The van der Waals surface area contributed by atoms with Crippen LogP contribution in [0.3, 0.4) is 0 Å². The first-order valence-corrected chi connectivity index (χ1v) is 5.89. The summed E-state index contributed by atoms with van der Waals surface area (Å²) in [6, 6.07) is 2.07. The second-order valence-electron chi connectivity index (χ2n) is 3.98. The van der Waals surface area contributed by atoms with Gasteiger partial charge in [-0.2, -0.15) is 10.2 Å². The van der Waals surface area contributed by atoms with E-state index in [2.05, 4.69) is 11.1 Å². The lowest BCUT2D eigenvalue weighted by atomic mass is 9.89. The molecule has 0 aromatic carbocycles. The standard InChI is InChI=1S/C13H14N2O3/c1-3-18-13-11-8(5-4-6-10(11)16)9(7-14)12(15-13)17-2/h3-6H2,1-2H3. The van der Waals surface area contributed by atoms with Crippen molar-refractivity contribution in [2.45, 2.75) is 26.2 Å². The van der Waals surface area contributed by atoms with E-state index >= 15 is 0 Å². The molecule has 0 saturated carbocycles. The Hall–Kier alpha value is -2.09. The van der Waals surface area contributed by atoms with E-state index in [1.165, 1.54) is 7.11 Å². The van der Waals surface area contributed by atoms with Gasteiger partial charge in [-0.15, -0.1) is 0 Å². The van der Waals surface area contributed by atoms with Gasteiger partial charge in [0.25, 0.3) is 0 Å². The van der Waals surface area contributed by atoms with Crippen LogP contribution >= 0.6 is 0 Å². The van der Waals surface area contributed by atoms with E-state index in [4.69, 9.17) is 9.47 Å². The molecule has 0 N–H and O–H groups in total. The molecule has 1 aliphatic rings. The molecule has 0 unspecified atom stereocenters. The first kappa shape index (κ1) is 12.4. The molecule has 0 bridgehead atoms. The summed E-state index contributed by atoms with van der Waals surface area (Å²) in [7, 11) is 1.45. The zero-order valence-electron chi connectivity index (χ0n) is 10.4. The van der Waals surface area contributed by atoms with Crippen LogP contribution in [0.25, 0.3) is 0 Å². The number of rotatable bonds is 3. The summed E-state index contributed by atoms with van der Waals surface area (Å²) in [6.07, 6.45) is 1.91. The highest BCUT2D eigenvalue weighted by Crippen LogP contribution is 2.34. The van der Waals surface area contributed by atoms with Crippen molar-refractivity contribution >= 4 is 5.78 Å². The maximum atomic E-state index is 12.0. The van der Waals surface area contributed by atoms with Crippen molar-refractivity contribution in [3.05, 3.63) is 16.7 Å². The number of nitriles is 1. The van der Waals surface area contributed by atoms with Crippen LogP contribution in [0.15, 0.2) is 0 Å². The third-order valence-corrected chi connectivity index (χ3v) is 2.93. The third kappa shape index (κ3) is 1.90. The molecule has 1 heterocycles. The molecule has 1 aliphatic carbocycles. The number of carbonyl (C=O) groups excluding carboxylic acids is 1. The molecular formula is C13H14N2O3. The van der Waals surface area contributed by atoms with E-state index < -0.39 is 0 Å². The van der Waals surface area contributed by atoms with Crippen molar-refractivity contribution in [3.8, 4) is 17.8 Å². The molecule has 2 rings (SSSR count). The zero-order valence-corrected chi connectivity index (χ0v) is 10.4. The number of fused-ring (bicyclic) bond motifs is 1. The summed E-state index contributed by atoms with van der Waals surface area (Å²) in [4.78, 5) is 16.1. The Kier molecular flexibility index (Phi) is 3.47. The van der Waals surface area contributed by atoms with Crippen molar-refractivity contribution in [2.75, 3.05) is 13.7 Å².